The molecule has 0 radical (unpaired) electrons. The Morgan fingerprint density at radius 3 is 2.44 bits per heavy atom. The molecule has 1 saturated heterocycles. The van der Waals surface area contributed by atoms with Crippen LogP contribution in [-0.2, 0) is 4.79 Å². The molecule has 0 saturated carbocycles. The van der Waals surface area contributed by atoms with Crippen molar-refractivity contribution in [3.05, 3.63) is 54.6 Å². The number of fused-ring (bicyclic) bond motifs is 1. The number of hydrogen-bond donors (Lipinski definition) is 1. The van der Waals surface area contributed by atoms with E-state index < -0.39 is 6.10 Å². The summed E-state index contributed by atoms with van der Waals surface area (Å²) in [5.74, 6) is 2.52. The van der Waals surface area contributed by atoms with Crippen LogP contribution in [0.5, 0.6) is 17.2 Å². The number of carbonyl (C=O) groups excluding carboxylic acids is 1. The third-order valence-corrected chi connectivity index (χ3v) is 6.05. The summed E-state index contributed by atoms with van der Waals surface area (Å²) in [4.78, 5) is 14.9. The van der Waals surface area contributed by atoms with Crippen molar-refractivity contribution in [2.24, 2.45) is 0 Å². The van der Waals surface area contributed by atoms with Gasteiger partial charge in [0, 0.05) is 30.4 Å². The molecule has 0 spiro atoms. The molecule has 1 atom stereocenters. The molecule has 1 amide bonds. The van der Waals surface area contributed by atoms with E-state index in [9.17, 15) is 4.79 Å². The molecule has 34 heavy (non-hydrogen) atoms. The zero-order chi connectivity index (χ0) is 23.3. The summed E-state index contributed by atoms with van der Waals surface area (Å²) in [6.45, 7) is 3.98. The lowest BCUT2D eigenvalue weighted by Gasteiger charge is -2.20. The SMILES string of the molecule is CC(Oc1ccc2c(c1)OCO2)C(=O)Nc1ccc(-c2ccc(N3CCCCCC3)nn2)cc1. The van der Waals surface area contributed by atoms with E-state index in [1.165, 1.54) is 25.7 Å². The third kappa shape index (κ3) is 5.06. The summed E-state index contributed by atoms with van der Waals surface area (Å²) < 4.78 is 16.4. The Morgan fingerprint density at radius 1 is 0.941 bits per heavy atom. The van der Waals surface area contributed by atoms with Gasteiger partial charge in [0.2, 0.25) is 6.79 Å². The molecule has 2 aliphatic rings. The van der Waals surface area contributed by atoms with Gasteiger partial charge in [0.15, 0.2) is 23.4 Å². The number of nitrogens with zero attached hydrogens (tertiary/aromatic N) is 3. The van der Waals surface area contributed by atoms with Crippen molar-refractivity contribution in [3.8, 4) is 28.5 Å². The van der Waals surface area contributed by atoms with Crippen LogP contribution in [0.2, 0.25) is 0 Å². The number of benzene rings is 2. The van der Waals surface area contributed by atoms with E-state index in [-0.39, 0.29) is 12.7 Å². The molecule has 0 bridgehead atoms. The fourth-order valence-corrected chi connectivity index (χ4v) is 4.12. The van der Waals surface area contributed by atoms with Gasteiger partial charge in [-0.3, -0.25) is 4.79 Å². The number of hydrogen-bond acceptors (Lipinski definition) is 7. The Labute approximate surface area is 198 Å². The molecule has 2 aromatic carbocycles. The molecule has 1 aromatic heterocycles. The second-order valence-electron chi connectivity index (χ2n) is 8.52. The van der Waals surface area contributed by atoms with Gasteiger partial charge < -0.3 is 24.4 Å². The topological polar surface area (TPSA) is 85.8 Å². The van der Waals surface area contributed by atoms with Gasteiger partial charge in [-0.05, 0) is 56.2 Å². The van der Waals surface area contributed by atoms with Crippen molar-refractivity contribution in [2.45, 2.75) is 38.7 Å². The van der Waals surface area contributed by atoms with Crippen LogP contribution >= 0.6 is 0 Å². The highest BCUT2D eigenvalue weighted by molar-refractivity contribution is 5.94. The summed E-state index contributed by atoms with van der Waals surface area (Å²) in [7, 11) is 0. The van der Waals surface area contributed by atoms with Crippen molar-refractivity contribution in [3.63, 3.8) is 0 Å². The first kappa shape index (κ1) is 22.0. The van der Waals surface area contributed by atoms with E-state index in [0.29, 0.717) is 22.9 Å². The number of aromatic nitrogens is 2. The summed E-state index contributed by atoms with van der Waals surface area (Å²) >= 11 is 0. The normalized spacial score (nSPS) is 16.0. The van der Waals surface area contributed by atoms with Crippen LogP contribution in [0.15, 0.2) is 54.6 Å². The van der Waals surface area contributed by atoms with Crippen LogP contribution in [-0.4, -0.2) is 42.1 Å². The van der Waals surface area contributed by atoms with E-state index in [1.807, 2.05) is 36.4 Å². The Bertz CT molecular complexity index is 1130. The third-order valence-electron chi connectivity index (χ3n) is 6.05. The van der Waals surface area contributed by atoms with Crippen LogP contribution in [0.25, 0.3) is 11.3 Å². The van der Waals surface area contributed by atoms with Gasteiger partial charge >= 0.3 is 0 Å². The molecule has 1 unspecified atom stereocenters. The molecule has 1 N–H and O–H groups in total. The van der Waals surface area contributed by atoms with Crippen LogP contribution in [0.1, 0.15) is 32.6 Å². The summed E-state index contributed by atoms with van der Waals surface area (Å²) in [5, 5.41) is 11.8. The number of rotatable bonds is 6. The lowest BCUT2D eigenvalue weighted by Crippen LogP contribution is -2.30. The average Bonchev–Trinajstić information content (AvgIpc) is 3.16. The second-order valence-corrected chi connectivity index (χ2v) is 8.52. The van der Waals surface area contributed by atoms with Crippen LogP contribution in [0.3, 0.4) is 0 Å². The van der Waals surface area contributed by atoms with Crippen molar-refractivity contribution < 1.29 is 19.0 Å². The zero-order valence-corrected chi connectivity index (χ0v) is 19.2. The summed E-state index contributed by atoms with van der Waals surface area (Å²) in [5.41, 5.74) is 2.43. The van der Waals surface area contributed by atoms with Crippen molar-refractivity contribution >= 4 is 17.4 Å². The predicted molar refractivity (Wildman–Crippen MR) is 129 cm³/mol. The van der Waals surface area contributed by atoms with E-state index >= 15 is 0 Å². The maximum Gasteiger partial charge on any atom is 0.265 e. The first-order valence-corrected chi connectivity index (χ1v) is 11.7. The van der Waals surface area contributed by atoms with Crippen LogP contribution in [0.4, 0.5) is 11.5 Å². The molecule has 8 heteroatoms. The van der Waals surface area contributed by atoms with Gasteiger partial charge in [-0.2, -0.15) is 0 Å². The lowest BCUT2D eigenvalue weighted by molar-refractivity contribution is -0.122. The maximum atomic E-state index is 12.6. The number of anilines is 2. The first-order valence-electron chi connectivity index (χ1n) is 11.7. The number of ether oxygens (including phenoxy) is 3. The number of carbonyl (C=O) groups is 1. The molecule has 3 aromatic rings. The highest BCUT2D eigenvalue weighted by Crippen LogP contribution is 2.35. The smallest absolute Gasteiger partial charge is 0.265 e. The molecular weight excluding hydrogens is 432 g/mol. The van der Waals surface area contributed by atoms with E-state index in [0.717, 1.165) is 30.2 Å². The van der Waals surface area contributed by atoms with Gasteiger partial charge in [-0.25, -0.2) is 0 Å². The van der Waals surface area contributed by atoms with E-state index in [1.54, 1.807) is 25.1 Å². The molecule has 0 aliphatic carbocycles. The summed E-state index contributed by atoms with van der Waals surface area (Å²) in [6, 6.07) is 16.8. The minimum Gasteiger partial charge on any atom is -0.481 e. The van der Waals surface area contributed by atoms with Gasteiger partial charge in [0.05, 0.1) is 5.69 Å². The Morgan fingerprint density at radius 2 is 1.71 bits per heavy atom. The largest absolute Gasteiger partial charge is 0.481 e. The number of nitrogens with one attached hydrogen (secondary N) is 1. The molecule has 1 fully saturated rings. The zero-order valence-electron chi connectivity index (χ0n) is 19.2. The molecule has 176 valence electrons. The first-order chi connectivity index (χ1) is 16.7. The molecule has 2 aliphatic heterocycles. The fraction of sp³-hybridized carbons (Fsp3) is 0.346. The summed E-state index contributed by atoms with van der Waals surface area (Å²) in [6.07, 6.45) is 4.30. The molecule has 5 rings (SSSR count). The second kappa shape index (κ2) is 9.99. The minimum absolute atomic E-state index is 0.193. The van der Waals surface area contributed by atoms with Crippen molar-refractivity contribution in [2.75, 3.05) is 30.1 Å². The fourth-order valence-electron chi connectivity index (χ4n) is 4.12. The molecule has 8 nitrogen and oxygen atoms in total. The highest BCUT2D eigenvalue weighted by atomic mass is 16.7. The van der Waals surface area contributed by atoms with Gasteiger partial charge in [0.25, 0.3) is 5.91 Å². The van der Waals surface area contributed by atoms with Gasteiger partial charge in [-0.1, -0.05) is 25.0 Å². The van der Waals surface area contributed by atoms with E-state index in [2.05, 4.69) is 20.4 Å². The quantitative estimate of drug-likeness (QED) is 0.573. The maximum absolute atomic E-state index is 12.6. The predicted octanol–water partition coefficient (Wildman–Crippen LogP) is 4.66. The Balaban J connectivity index is 1.18. The average molecular weight is 461 g/mol. The monoisotopic (exact) mass is 460 g/mol. The lowest BCUT2D eigenvalue weighted by atomic mass is 10.1. The minimum atomic E-state index is -0.683. The van der Waals surface area contributed by atoms with Crippen LogP contribution < -0.4 is 24.4 Å². The highest BCUT2D eigenvalue weighted by Gasteiger charge is 2.18. The van der Waals surface area contributed by atoms with Gasteiger partial charge in [0.1, 0.15) is 5.75 Å². The standard InChI is InChI=1S/C26H28N4O4/c1-18(34-21-10-12-23-24(16-21)33-17-32-23)26(31)27-20-8-6-19(7-9-20)22-11-13-25(29-28-22)30-14-4-2-3-5-15-30/h6-13,16,18H,2-5,14-15,17H2,1H3,(H,27,31). The van der Waals surface area contributed by atoms with Crippen molar-refractivity contribution in [1.82, 2.24) is 10.2 Å². The van der Waals surface area contributed by atoms with E-state index in [4.69, 9.17) is 14.2 Å². The van der Waals surface area contributed by atoms with Gasteiger partial charge in [-0.15, -0.1) is 10.2 Å². The van der Waals surface area contributed by atoms with Crippen molar-refractivity contribution in [1.29, 1.82) is 0 Å². The Hall–Kier alpha value is -3.81. The van der Waals surface area contributed by atoms with Crippen LogP contribution in [0, 0.1) is 0 Å². The molecule has 3 heterocycles. The molecular formula is C26H28N4O4. The number of amides is 1. The Kier molecular flexibility index (Phi) is 6.46.